The molecule has 0 heterocycles. The van der Waals surface area contributed by atoms with Crippen molar-refractivity contribution in [3.63, 3.8) is 0 Å². The lowest BCUT2D eigenvalue weighted by Crippen LogP contribution is -2.24. The SMILES string of the molecule is CCOc1cc(/C=N/NC(=O)Nc2ccccc2)cc([N+](=O)[O-])c1O. The number of carbonyl (C=O) groups excluding carboxylic acids is 1. The lowest BCUT2D eigenvalue weighted by atomic mass is 10.2. The molecule has 0 radical (unpaired) electrons. The summed E-state index contributed by atoms with van der Waals surface area (Å²) in [5.41, 5.74) is 2.60. The number of nitro benzene ring substituents is 1. The molecule has 0 bridgehead atoms. The number of aromatic hydroxyl groups is 1. The third-order valence-corrected chi connectivity index (χ3v) is 2.99. The lowest BCUT2D eigenvalue weighted by molar-refractivity contribution is -0.386. The number of nitro groups is 1. The molecular weight excluding hydrogens is 328 g/mol. The Kier molecular flexibility index (Phi) is 5.88. The molecule has 0 aliphatic rings. The van der Waals surface area contributed by atoms with Crippen LogP contribution in [0, 0.1) is 10.1 Å². The van der Waals surface area contributed by atoms with Gasteiger partial charge in [0.2, 0.25) is 5.75 Å². The molecule has 3 N–H and O–H groups in total. The molecule has 0 aromatic heterocycles. The number of para-hydroxylation sites is 1. The summed E-state index contributed by atoms with van der Waals surface area (Å²) in [6.45, 7) is 1.91. The van der Waals surface area contributed by atoms with E-state index in [0.29, 0.717) is 5.69 Å². The molecule has 9 heteroatoms. The van der Waals surface area contributed by atoms with Crippen LogP contribution < -0.4 is 15.5 Å². The van der Waals surface area contributed by atoms with Gasteiger partial charge in [-0.2, -0.15) is 5.10 Å². The van der Waals surface area contributed by atoms with Crippen molar-refractivity contribution in [2.45, 2.75) is 6.92 Å². The number of benzene rings is 2. The normalized spacial score (nSPS) is 10.4. The van der Waals surface area contributed by atoms with Gasteiger partial charge in [0.25, 0.3) is 0 Å². The monoisotopic (exact) mass is 344 g/mol. The van der Waals surface area contributed by atoms with Crippen molar-refractivity contribution in [2.24, 2.45) is 5.10 Å². The fraction of sp³-hybridized carbons (Fsp3) is 0.125. The Morgan fingerprint density at radius 1 is 1.36 bits per heavy atom. The van der Waals surface area contributed by atoms with Crippen LogP contribution in [0.4, 0.5) is 16.2 Å². The molecule has 0 saturated carbocycles. The van der Waals surface area contributed by atoms with Crippen LogP contribution in [-0.2, 0) is 0 Å². The van der Waals surface area contributed by atoms with E-state index < -0.39 is 22.4 Å². The van der Waals surface area contributed by atoms with Gasteiger partial charge in [-0.1, -0.05) is 18.2 Å². The van der Waals surface area contributed by atoms with E-state index in [1.165, 1.54) is 12.3 Å². The first-order valence-electron chi connectivity index (χ1n) is 7.30. The zero-order valence-electron chi connectivity index (χ0n) is 13.3. The number of urea groups is 1. The Balaban J connectivity index is 2.09. The van der Waals surface area contributed by atoms with Gasteiger partial charge in [-0.05, 0) is 25.1 Å². The molecule has 2 rings (SSSR count). The van der Waals surface area contributed by atoms with Crippen molar-refractivity contribution in [2.75, 3.05) is 11.9 Å². The van der Waals surface area contributed by atoms with Crippen molar-refractivity contribution < 1.29 is 19.6 Å². The molecule has 2 aromatic rings. The summed E-state index contributed by atoms with van der Waals surface area (Å²) in [6.07, 6.45) is 1.21. The molecule has 25 heavy (non-hydrogen) atoms. The van der Waals surface area contributed by atoms with Gasteiger partial charge in [0.15, 0.2) is 5.75 Å². The molecule has 0 aliphatic heterocycles. The molecule has 0 spiro atoms. The zero-order valence-corrected chi connectivity index (χ0v) is 13.3. The van der Waals surface area contributed by atoms with Gasteiger partial charge in [-0.25, -0.2) is 10.2 Å². The Labute approximate surface area is 143 Å². The predicted molar refractivity (Wildman–Crippen MR) is 92.1 cm³/mol. The smallest absolute Gasteiger partial charge is 0.339 e. The number of anilines is 1. The van der Waals surface area contributed by atoms with E-state index in [0.717, 1.165) is 6.07 Å². The van der Waals surface area contributed by atoms with Crippen LogP contribution in [0.15, 0.2) is 47.6 Å². The standard InChI is InChI=1S/C16H16N4O5/c1-2-25-14-9-11(8-13(15(14)21)20(23)24)10-17-19-16(22)18-12-6-4-3-5-7-12/h3-10,21H,2H2,1H3,(H2,18,19,22)/b17-10+. The van der Waals surface area contributed by atoms with Gasteiger partial charge in [0, 0.05) is 17.3 Å². The third-order valence-electron chi connectivity index (χ3n) is 2.99. The van der Waals surface area contributed by atoms with Crippen LogP contribution in [-0.4, -0.2) is 28.9 Å². The van der Waals surface area contributed by atoms with E-state index in [4.69, 9.17) is 4.74 Å². The van der Waals surface area contributed by atoms with Crippen LogP contribution >= 0.6 is 0 Å². The maximum absolute atomic E-state index is 11.7. The Morgan fingerprint density at radius 3 is 2.72 bits per heavy atom. The number of hydrogen-bond donors (Lipinski definition) is 3. The molecule has 0 unspecified atom stereocenters. The number of phenols is 1. The second-order valence-electron chi connectivity index (χ2n) is 4.77. The maximum atomic E-state index is 11.7. The molecular formula is C16H16N4O5. The van der Waals surface area contributed by atoms with Crippen molar-refractivity contribution >= 4 is 23.6 Å². The van der Waals surface area contributed by atoms with Gasteiger partial charge in [-0.3, -0.25) is 10.1 Å². The summed E-state index contributed by atoms with van der Waals surface area (Å²) in [5, 5.41) is 27.1. The van der Waals surface area contributed by atoms with Crippen molar-refractivity contribution in [3.8, 4) is 11.5 Å². The second-order valence-corrected chi connectivity index (χ2v) is 4.77. The average Bonchev–Trinajstić information content (AvgIpc) is 2.58. The van der Waals surface area contributed by atoms with E-state index >= 15 is 0 Å². The fourth-order valence-electron chi connectivity index (χ4n) is 1.94. The largest absolute Gasteiger partial charge is 0.500 e. The molecule has 2 aromatic carbocycles. The minimum absolute atomic E-state index is 0.0353. The Morgan fingerprint density at radius 2 is 2.08 bits per heavy atom. The molecule has 0 atom stereocenters. The number of hydrazone groups is 1. The number of rotatable bonds is 6. The highest BCUT2D eigenvalue weighted by Gasteiger charge is 2.19. The molecule has 2 amide bonds. The second kappa shape index (κ2) is 8.29. The van der Waals surface area contributed by atoms with Crippen molar-refractivity contribution in [1.29, 1.82) is 0 Å². The van der Waals surface area contributed by atoms with Crippen LogP contribution in [0.1, 0.15) is 12.5 Å². The summed E-state index contributed by atoms with van der Waals surface area (Å²) in [7, 11) is 0. The van der Waals surface area contributed by atoms with Crippen LogP contribution in [0.3, 0.4) is 0 Å². The topological polar surface area (TPSA) is 126 Å². The lowest BCUT2D eigenvalue weighted by Gasteiger charge is -2.07. The molecule has 0 fully saturated rings. The van der Waals surface area contributed by atoms with Crippen molar-refractivity contribution in [1.82, 2.24) is 5.43 Å². The zero-order chi connectivity index (χ0) is 18.2. The number of phenolic OH excluding ortho intramolecular Hbond substituents is 1. The fourth-order valence-corrected chi connectivity index (χ4v) is 1.94. The van der Waals surface area contributed by atoms with Crippen LogP contribution in [0.2, 0.25) is 0 Å². The summed E-state index contributed by atoms with van der Waals surface area (Å²) >= 11 is 0. The highest BCUT2D eigenvalue weighted by molar-refractivity contribution is 5.90. The number of ether oxygens (including phenoxy) is 1. The average molecular weight is 344 g/mol. The van der Waals surface area contributed by atoms with Gasteiger partial charge in [-0.15, -0.1) is 0 Å². The summed E-state index contributed by atoms with van der Waals surface area (Å²) in [5.74, 6) is -0.592. The first kappa shape index (κ1) is 17.7. The minimum Gasteiger partial charge on any atom is -0.500 e. The van der Waals surface area contributed by atoms with E-state index in [2.05, 4.69) is 15.8 Å². The quantitative estimate of drug-likeness (QED) is 0.422. The van der Waals surface area contributed by atoms with Gasteiger partial charge in [0.05, 0.1) is 17.7 Å². The van der Waals surface area contributed by atoms with Gasteiger partial charge >= 0.3 is 11.7 Å². The number of nitrogens with one attached hydrogen (secondary N) is 2. The van der Waals surface area contributed by atoms with Gasteiger partial charge in [0.1, 0.15) is 0 Å². The number of hydrogen-bond acceptors (Lipinski definition) is 6. The van der Waals surface area contributed by atoms with Gasteiger partial charge < -0.3 is 15.2 Å². The molecule has 130 valence electrons. The minimum atomic E-state index is -0.731. The number of carbonyl (C=O) groups is 1. The third kappa shape index (κ3) is 4.93. The molecule has 0 aliphatic carbocycles. The summed E-state index contributed by atoms with van der Waals surface area (Å²) in [6, 6.07) is 10.7. The first-order valence-corrected chi connectivity index (χ1v) is 7.30. The van der Waals surface area contributed by atoms with E-state index in [1.807, 2.05) is 6.07 Å². The first-order chi connectivity index (χ1) is 12.0. The predicted octanol–water partition coefficient (Wildman–Crippen LogP) is 2.85. The highest BCUT2D eigenvalue weighted by atomic mass is 16.6. The molecule has 0 saturated heterocycles. The number of nitrogens with zero attached hydrogens (tertiary/aromatic N) is 2. The number of amides is 2. The Hall–Kier alpha value is -3.62. The van der Waals surface area contributed by atoms with E-state index in [-0.39, 0.29) is 17.9 Å². The van der Waals surface area contributed by atoms with Crippen molar-refractivity contribution in [3.05, 3.63) is 58.1 Å². The van der Waals surface area contributed by atoms with Crippen LogP contribution in [0.25, 0.3) is 0 Å². The van der Waals surface area contributed by atoms with E-state index in [9.17, 15) is 20.0 Å². The summed E-state index contributed by atoms with van der Waals surface area (Å²) < 4.78 is 5.16. The molecule has 9 nitrogen and oxygen atoms in total. The maximum Gasteiger partial charge on any atom is 0.339 e. The highest BCUT2D eigenvalue weighted by Crippen LogP contribution is 2.36. The Bertz CT molecular complexity index is 793. The summed E-state index contributed by atoms with van der Waals surface area (Å²) in [4.78, 5) is 21.9. The van der Waals surface area contributed by atoms with Crippen LogP contribution in [0.5, 0.6) is 11.5 Å². The van der Waals surface area contributed by atoms with E-state index in [1.54, 1.807) is 31.2 Å².